The van der Waals surface area contributed by atoms with Gasteiger partial charge in [-0.1, -0.05) is 18.2 Å². The van der Waals surface area contributed by atoms with Gasteiger partial charge >= 0.3 is 6.03 Å². The van der Waals surface area contributed by atoms with E-state index in [1.54, 1.807) is 19.4 Å². The molecule has 3 rings (SSSR count). The van der Waals surface area contributed by atoms with Gasteiger partial charge in [0.15, 0.2) is 0 Å². The third-order valence-corrected chi connectivity index (χ3v) is 4.74. The van der Waals surface area contributed by atoms with Gasteiger partial charge < -0.3 is 15.4 Å². The maximum Gasteiger partial charge on any atom is 0.324 e. The van der Waals surface area contributed by atoms with E-state index in [1.807, 2.05) is 36.4 Å². The average Bonchev–Trinajstić information content (AvgIpc) is 3.03. The minimum atomic E-state index is -0.668. The molecule has 1 fully saturated rings. The second-order valence-corrected chi connectivity index (χ2v) is 6.73. The van der Waals surface area contributed by atoms with E-state index in [0.29, 0.717) is 19.5 Å². The summed E-state index contributed by atoms with van der Waals surface area (Å²) in [4.78, 5) is 42.0. The van der Waals surface area contributed by atoms with Gasteiger partial charge in [0.05, 0.1) is 19.3 Å². The lowest BCUT2D eigenvalue weighted by atomic mass is 10.1. The van der Waals surface area contributed by atoms with Crippen LogP contribution in [0.15, 0.2) is 48.7 Å². The number of carbonyl (C=O) groups excluding carboxylic acids is 3. The van der Waals surface area contributed by atoms with Gasteiger partial charge in [-0.15, -0.1) is 0 Å². The summed E-state index contributed by atoms with van der Waals surface area (Å²) < 4.78 is 5.12. The molecule has 8 nitrogen and oxygen atoms in total. The van der Waals surface area contributed by atoms with Gasteiger partial charge in [0.2, 0.25) is 5.91 Å². The van der Waals surface area contributed by atoms with Crippen LogP contribution in [0.5, 0.6) is 5.75 Å². The lowest BCUT2D eigenvalue weighted by molar-refractivity contribution is -0.127. The number of amides is 4. The van der Waals surface area contributed by atoms with E-state index in [4.69, 9.17) is 4.74 Å². The molecule has 0 radical (unpaired) electrons. The molecule has 1 saturated heterocycles. The second-order valence-electron chi connectivity index (χ2n) is 6.73. The summed E-state index contributed by atoms with van der Waals surface area (Å²) in [7, 11) is 1.60. The molecular formula is C21H24N4O4. The zero-order valence-electron chi connectivity index (χ0n) is 16.3. The maximum absolute atomic E-state index is 12.5. The number of pyridine rings is 1. The first-order valence-corrected chi connectivity index (χ1v) is 9.48. The predicted molar refractivity (Wildman–Crippen MR) is 106 cm³/mol. The van der Waals surface area contributed by atoms with Crippen molar-refractivity contribution in [2.45, 2.75) is 31.8 Å². The number of imide groups is 1. The van der Waals surface area contributed by atoms with Gasteiger partial charge in [-0.2, -0.15) is 0 Å². The summed E-state index contributed by atoms with van der Waals surface area (Å²) in [5.74, 6) is 0.278. The lowest BCUT2D eigenvalue weighted by Gasteiger charge is -2.13. The van der Waals surface area contributed by atoms with E-state index >= 15 is 0 Å². The van der Waals surface area contributed by atoms with Crippen LogP contribution < -0.4 is 15.4 Å². The van der Waals surface area contributed by atoms with Crippen molar-refractivity contribution in [2.24, 2.45) is 0 Å². The number of nitrogens with one attached hydrogen (secondary N) is 2. The van der Waals surface area contributed by atoms with Gasteiger partial charge in [0, 0.05) is 19.2 Å². The fraction of sp³-hybridized carbons (Fsp3) is 0.333. The van der Waals surface area contributed by atoms with Crippen molar-refractivity contribution in [2.75, 3.05) is 13.7 Å². The zero-order chi connectivity index (χ0) is 20.6. The molecule has 0 unspecified atom stereocenters. The molecule has 2 aromatic rings. The average molecular weight is 396 g/mol. The summed E-state index contributed by atoms with van der Waals surface area (Å²) in [5.41, 5.74) is 1.76. The SMILES string of the molecule is COc1ccc(CCN2C(=O)N[C@@H](CCC(=O)NCc3ccccn3)C2=O)cc1. The van der Waals surface area contributed by atoms with E-state index in [0.717, 1.165) is 17.0 Å². The van der Waals surface area contributed by atoms with Crippen molar-refractivity contribution in [1.82, 2.24) is 20.5 Å². The van der Waals surface area contributed by atoms with Crippen molar-refractivity contribution in [3.63, 3.8) is 0 Å². The molecule has 2 N–H and O–H groups in total. The molecule has 1 atom stereocenters. The minimum absolute atomic E-state index is 0.149. The molecule has 0 saturated carbocycles. The highest BCUT2D eigenvalue weighted by Crippen LogP contribution is 2.15. The van der Waals surface area contributed by atoms with E-state index in [-0.39, 0.29) is 24.7 Å². The Morgan fingerprint density at radius 1 is 1.21 bits per heavy atom. The number of ether oxygens (including phenoxy) is 1. The first-order valence-electron chi connectivity index (χ1n) is 9.48. The molecule has 152 valence electrons. The summed E-state index contributed by atoms with van der Waals surface area (Å²) >= 11 is 0. The molecule has 4 amide bonds. The van der Waals surface area contributed by atoms with Crippen LogP contribution in [0.1, 0.15) is 24.1 Å². The number of aromatic nitrogens is 1. The van der Waals surface area contributed by atoms with Gasteiger partial charge in [-0.05, 0) is 42.7 Å². The number of nitrogens with zero attached hydrogens (tertiary/aromatic N) is 2. The van der Waals surface area contributed by atoms with Crippen LogP contribution >= 0.6 is 0 Å². The predicted octanol–water partition coefficient (Wildman–Crippen LogP) is 1.65. The van der Waals surface area contributed by atoms with Gasteiger partial charge in [0.1, 0.15) is 11.8 Å². The summed E-state index contributed by atoms with van der Waals surface area (Å²) in [6, 6.07) is 11.9. The second kappa shape index (κ2) is 9.68. The van der Waals surface area contributed by atoms with Crippen molar-refractivity contribution in [3.05, 3.63) is 59.9 Å². The number of urea groups is 1. The Morgan fingerprint density at radius 3 is 2.69 bits per heavy atom. The maximum atomic E-state index is 12.5. The highest BCUT2D eigenvalue weighted by molar-refractivity contribution is 6.04. The Morgan fingerprint density at radius 2 is 2.00 bits per heavy atom. The van der Waals surface area contributed by atoms with Crippen molar-refractivity contribution in [1.29, 1.82) is 0 Å². The van der Waals surface area contributed by atoms with E-state index in [9.17, 15) is 14.4 Å². The molecule has 8 heteroatoms. The molecule has 1 aromatic heterocycles. The normalized spacial score (nSPS) is 15.9. The van der Waals surface area contributed by atoms with Crippen LogP contribution in [0.3, 0.4) is 0 Å². The third-order valence-electron chi connectivity index (χ3n) is 4.74. The van der Waals surface area contributed by atoms with E-state index in [2.05, 4.69) is 15.6 Å². The number of benzene rings is 1. The third kappa shape index (κ3) is 5.54. The molecular weight excluding hydrogens is 372 g/mol. The van der Waals surface area contributed by atoms with Gasteiger partial charge in [-0.25, -0.2) is 4.79 Å². The highest BCUT2D eigenvalue weighted by atomic mass is 16.5. The fourth-order valence-electron chi connectivity index (χ4n) is 3.07. The first-order chi connectivity index (χ1) is 14.1. The van der Waals surface area contributed by atoms with Gasteiger partial charge in [-0.3, -0.25) is 19.5 Å². The Labute approximate surface area is 169 Å². The number of carbonyl (C=O) groups is 3. The largest absolute Gasteiger partial charge is 0.497 e. The first kappa shape index (κ1) is 20.3. The molecule has 1 aliphatic rings. The van der Waals surface area contributed by atoms with Crippen LogP contribution in [-0.4, -0.2) is 47.4 Å². The molecule has 29 heavy (non-hydrogen) atoms. The summed E-state index contributed by atoms with van der Waals surface area (Å²) in [5, 5.41) is 5.43. The van der Waals surface area contributed by atoms with Crippen LogP contribution in [0.4, 0.5) is 4.79 Å². The lowest BCUT2D eigenvalue weighted by Crippen LogP contribution is -2.34. The van der Waals surface area contributed by atoms with Crippen LogP contribution in [0.25, 0.3) is 0 Å². The quantitative estimate of drug-likeness (QED) is 0.628. The highest BCUT2D eigenvalue weighted by Gasteiger charge is 2.37. The standard InChI is InChI=1S/C21H24N4O4/c1-29-17-7-5-15(6-8-17)11-13-25-20(27)18(24-21(25)28)9-10-19(26)23-14-16-4-2-3-12-22-16/h2-8,12,18H,9-11,13-14H2,1H3,(H,23,26)(H,24,28)/t18-/m0/s1. The van der Waals surface area contributed by atoms with Crippen LogP contribution in [0.2, 0.25) is 0 Å². The summed E-state index contributed by atoms with van der Waals surface area (Å²) in [6.45, 7) is 0.623. The topological polar surface area (TPSA) is 101 Å². The van der Waals surface area contributed by atoms with Crippen molar-refractivity contribution >= 4 is 17.8 Å². The van der Waals surface area contributed by atoms with Crippen LogP contribution in [0, 0.1) is 0 Å². The Bertz CT molecular complexity index is 855. The molecule has 1 aromatic carbocycles. The number of rotatable bonds is 9. The van der Waals surface area contributed by atoms with Crippen LogP contribution in [-0.2, 0) is 22.6 Å². The van der Waals surface area contributed by atoms with Gasteiger partial charge in [0.25, 0.3) is 5.91 Å². The number of hydrogen-bond acceptors (Lipinski definition) is 5. The minimum Gasteiger partial charge on any atom is -0.497 e. The monoisotopic (exact) mass is 396 g/mol. The molecule has 0 bridgehead atoms. The molecule has 0 aliphatic carbocycles. The Hall–Kier alpha value is -3.42. The molecule has 1 aliphatic heterocycles. The van der Waals surface area contributed by atoms with E-state index in [1.165, 1.54) is 4.90 Å². The van der Waals surface area contributed by atoms with Crippen molar-refractivity contribution < 1.29 is 19.1 Å². The molecule has 0 spiro atoms. The summed E-state index contributed by atoms with van der Waals surface area (Å²) in [6.07, 6.45) is 2.63. The zero-order valence-corrected chi connectivity index (χ0v) is 16.3. The fourth-order valence-corrected chi connectivity index (χ4v) is 3.07. The smallest absolute Gasteiger partial charge is 0.324 e. The Kier molecular flexibility index (Phi) is 6.78. The van der Waals surface area contributed by atoms with Crippen molar-refractivity contribution in [3.8, 4) is 5.75 Å². The molecule has 2 heterocycles. The Balaban J connectivity index is 1.43. The number of methoxy groups -OCH3 is 1. The number of hydrogen-bond donors (Lipinski definition) is 2. The van der Waals surface area contributed by atoms with E-state index < -0.39 is 12.1 Å².